The molecular weight excluding hydrogens is 547 g/mol. The first kappa shape index (κ1) is 25.6. The summed E-state index contributed by atoms with van der Waals surface area (Å²) in [6.45, 7) is 6.55. The van der Waals surface area contributed by atoms with Crippen LogP contribution in [0.2, 0.25) is 0 Å². The van der Waals surface area contributed by atoms with E-state index in [1.165, 1.54) is 0 Å². The standard InChI is InChI=1S/C30H30N7.Y/c1-19-24(9-7-21-8-10-25(34-26(19)21)20-5-3-2-4-6-20)27-28-29(31)33-13-16-37(28)30(35-27)22-17-23(18-22)36-14-11-32-12-15-36;/h2-7,9-10,13,16,22-23,32H,11-12,14-15,17-18H2,1H3,(H2,31,33);/q-1;. The van der Waals surface area contributed by atoms with Gasteiger partial charge in [-0.1, -0.05) is 42.0 Å². The largest absolute Gasteiger partial charge is 0.382 e. The molecule has 1 aliphatic carbocycles. The number of nitrogen functional groups attached to an aromatic ring is 1. The summed E-state index contributed by atoms with van der Waals surface area (Å²) in [4.78, 5) is 17.3. The molecule has 7 rings (SSSR count). The first-order valence-corrected chi connectivity index (χ1v) is 13.1. The van der Waals surface area contributed by atoms with Crippen molar-refractivity contribution >= 4 is 22.2 Å². The summed E-state index contributed by atoms with van der Waals surface area (Å²) in [5, 5.41) is 4.45. The number of anilines is 1. The average Bonchev–Trinajstić information content (AvgIpc) is 3.29. The van der Waals surface area contributed by atoms with E-state index < -0.39 is 0 Å². The maximum Gasteiger partial charge on any atom is 0.150 e. The summed E-state index contributed by atoms with van der Waals surface area (Å²) < 4.78 is 2.17. The second kappa shape index (κ2) is 10.5. The van der Waals surface area contributed by atoms with E-state index in [0.717, 1.165) is 89.3 Å². The molecule has 38 heavy (non-hydrogen) atoms. The van der Waals surface area contributed by atoms with Gasteiger partial charge in [0.25, 0.3) is 0 Å². The average molecular weight is 578 g/mol. The number of nitrogens with two attached hydrogens (primary N) is 1. The van der Waals surface area contributed by atoms with Gasteiger partial charge in [0.05, 0.1) is 5.69 Å². The third-order valence-electron chi connectivity index (χ3n) is 8.11. The van der Waals surface area contributed by atoms with Crippen molar-refractivity contribution in [3.05, 3.63) is 78.4 Å². The Kier molecular flexibility index (Phi) is 7.04. The molecule has 3 aromatic heterocycles. The third-order valence-corrected chi connectivity index (χ3v) is 8.11. The van der Waals surface area contributed by atoms with Crippen molar-refractivity contribution in [1.29, 1.82) is 0 Å². The van der Waals surface area contributed by atoms with Crippen molar-refractivity contribution in [3.8, 4) is 22.5 Å². The molecule has 1 aliphatic heterocycles. The minimum Gasteiger partial charge on any atom is -0.382 e. The van der Waals surface area contributed by atoms with Crippen molar-refractivity contribution < 1.29 is 32.7 Å². The Morgan fingerprint density at radius 1 is 1.03 bits per heavy atom. The fourth-order valence-corrected chi connectivity index (χ4v) is 5.98. The van der Waals surface area contributed by atoms with Crippen LogP contribution in [-0.4, -0.2) is 56.5 Å². The first-order valence-electron chi connectivity index (χ1n) is 13.1. The number of pyridine rings is 1. The van der Waals surface area contributed by atoms with E-state index in [2.05, 4.69) is 56.9 Å². The summed E-state index contributed by atoms with van der Waals surface area (Å²) in [5.74, 6) is 2.01. The number of hydrogen-bond acceptors (Lipinski definition) is 6. The van der Waals surface area contributed by atoms with Gasteiger partial charge < -0.3 is 16.0 Å². The number of benzene rings is 2. The maximum absolute atomic E-state index is 6.47. The second-order valence-electron chi connectivity index (χ2n) is 10.2. The SMILES string of the molecule is Cc1c(-c2nc(C3CC(N4CCNCC4)C3)n3ccnc(N)c23)ccc2[c-]cc(-c3ccccc3)nc12.[Y]. The van der Waals surface area contributed by atoms with Crippen molar-refractivity contribution in [3.63, 3.8) is 0 Å². The number of nitrogens with one attached hydrogen (secondary N) is 1. The molecule has 5 aromatic rings. The number of rotatable bonds is 4. The summed E-state index contributed by atoms with van der Waals surface area (Å²) in [6.07, 6.45) is 6.05. The van der Waals surface area contributed by atoms with Crippen LogP contribution in [0, 0.1) is 13.0 Å². The van der Waals surface area contributed by atoms with Gasteiger partial charge in [0.15, 0.2) is 0 Å². The predicted molar refractivity (Wildman–Crippen MR) is 147 cm³/mol. The van der Waals surface area contributed by atoms with E-state index in [-0.39, 0.29) is 32.7 Å². The fraction of sp³-hybridized carbons (Fsp3) is 0.300. The number of piperazine rings is 1. The van der Waals surface area contributed by atoms with Crippen LogP contribution < -0.4 is 11.1 Å². The van der Waals surface area contributed by atoms with Crippen LogP contribution >= 0.6 is 0 Å². The van der Waals surface area contributed by atoms with Crippen LogP contribution in [0.15, 0.2) is 60.9 Å². The van der Waals surface area contributed by atoms with Crippen LogP contribution in [0.25, 0.3) is 38.9 Å². The molecule has 0 spiro atoms. The topological polar surface area (TPSA) is 84.4 Å². The Hall–Kier alpha value is -2.71. The maximum atomic E-state index is 6.47. The molecule has 0 bridgehead atoms. The van der Waals surface area contributed by atoms with Gasteiger partial charge >= 0.3 is 0 Å². The minimum atomic E-state index is 0. The van der Waals surface area contributed by atoms with E-state index in [4.69, 9.17) is 15.7 Å². The summed E-state index contributed by atoms with van der Waals surface area (Å²) in [6, 6.07) is 20.5. The number of fused-ring (bicyclic) bond motifs is 2. The van der Waals surface area contributed by atoms with Crippen molar-refractivity contribution in [2.24, 2.45) is 0 Å². The Balaban J connectivity index is 0.00000264. The normalized spacial score (nSPS) is 19.8. The minimum absolute atomic E-state index is 0. The molecule has 2 aliphatic rings. The quantitative estimate of drug-likeness (QED) is 0.307. The number of aryl methyl sites for hydroxylation is 1. The molecule has 1 saturated carbocycles. The molecule has 189 valence electrons. The summed E-state index contributed by atoms with van der Waals surface area (Å²) in [7, 11) is 0. The Morgan fingerprint density at radius 3 is 2.61 bits per heavy atom. The van der Waals surface area contributed by atoms with Gasteiger partial charge in [-0.25, -0.2) is 9.97 Å². The van der Waals surface area contributed by atoms with Crippen molar-refractivity contribution in [2.45, 2.75) is 31.7 Å². The van der Waals surface area contributed by atoms with Crippen LogP contribution in [0.5, 0.6) is 0 Å². The smallest absolute Gasteiger partial charge is 0.150 e. The Labute approximate surface area is 247 Å². The van der Waals surface area contributed by atoms with Crippen LogP contribution in [0.4, 0.5) is 5.82 Å². The monoisotopic (exact) mass is 577 g/mol. The number of hydrogen-bond donors (Lipinski definition) is 2. The van der Waals surface area contributed by atoms with E-state index in [9.17, 15) is 0 Å². The van der Waals surface area contributed by atoms with Crippen LogP contribution in [-0.2, 0) is 32.7 Å². The van der Waals surface area contributed by atoms with Crippen molar-refractivity contribution in [2.75, 3.05) is 31.9 Å². The van der Waals surface area contributed by atoms with Gasteiger partial charge in [-0.3, -0.25) is 9.30 Å². The number of nitrogens with zero attached hydrogens (tertiary/aromatic N) is 5. The molecule has 2 aromatic carbocycles. The van der Waals surface area contributed by atoms with E-state index in [1.54, 1.807) is 6.20 Å². The van der Waals surface area contributed by atoms with Gasteiger partial charge in [0, 0.05) is 83.2 Å². The molecule has 8 heteroatoms. The Morgan fingerprint density at radius 2 is 1.82 bits per heavy atom. The first-order chi connectivity index (χ1) is 18.2. The van der Waals surface area contributed by atoms with Crippen molar-refractivity contribution in [1.82, 2.24) is 29.6 Å². The van der Waals surface area contributed by atoms with Gasteiger partial charge in [0.1, 0.15) is 17.2 Å². The van der Waals surface area contributed by atoms with Crippen LogP contribution in [0.3, 0.4) is 0 Å². The van der Waals surface area contributed by atoms with E-state index in [0.29, 0.717) is 17.8 Å². The summed E-state index contributed by atoms with van der Waals surface area (Å²) in [5.41, 5.74) is 13.3. The van der Waals surface area contributed by atoms with Gasteiger partial charge in [0.2, 0.25) is 0 Å². The molecule has 0 atom stereocenters. The molecule has 0 unspecified atom stereocenters. The molecule has 2 fully saturated rings. The predicted octanol–water partition coefficient (Wildman–Crippen LogP) is 4.45. The van der Waals surface area contributed by atoms with E-state index in [1.807, 2.05) is 30.5 Å². The van der Waals surface area contributed by atoms with Crippen LogP contribution in [0.1, 0.15) is 30.1 Å². The zero-order valence-corrected chi connectivity index (χ0v) is 24.4. The molecular formula is C30H30N7Y-. The molecule has 1 radical (unpaired) electrons. The molecule has 0 amide bonds. The zero-order valence-electron chi connectivity index (χ0n) is 21.6. The number of imidazole rings is 1. The molecule has 1 saturated heterocycles. The molecule has 3 N–H and O–H groups in total. The number of aromatic nitrogens is 4. The second-order valence-corrected chi connectivity index (χ2v) is 10.2. The van der Waals surface area contributed by atoms with Gasteiger partial charge in [-0.05, 0) is 42.1 Å². The summed E-state index contributed by atoms with van der Waals surface area (Å²) >= 11 is 0. The molecule has 7 nitrogen and oxygen atoms in total. The molecule has 4 heterocycles. The van der Waals surface area contributed by atoms with Gasteiger partial charge in [-0.2, -0.15) is 0 Å². The van der Waals surface area contributed by atoms with E-state index >= 15 is 0 Å². The fourth-order valence-electron chi connectivity index (χ4n) is 5.98. The zero-order chi connectivity index (χ0) is 24.9. The third kappa shape index (κ3) is 4.35. The Bertz CT molecular complexity index is 1600. The van der Waals surface area contributed by atoms with Gasteiger partial charge in [-0.15, -0.1) is 23.6 Å².